The summed E-state index contributed by atoms with van der Waals surface area (Å²) in [5.41, 5.74) is 0.629. The number of alkyl halides is 2. The van der Waals surface area contributed by atoms with Crippen molar-refractivity contribution in [2.45, 2.75) is 6.43 Å². The van der Waals surface area contributed by atoms with Gasteiger partial charge in [-0.25, -0.2) is 18.3 Å². The molecule has 0 aliphatic rings. The van der Waals surface area contributed by atoms with E-state index in [0.717, 1.165) is 0 Å². The number of benzene rings is 1. The first-order chi connectivity index (χ1) is 9.02. The van der Waals surface area contributed by atoms with Crippen LogP contribution >= 0.6 is 15.9 Å². The maximum atomic E-state index is 12.6. The molecule has 0 N–H and O–H groups in total. The Morgan fingerprint density at radius 2 is 2.00 bits per heavy atom. The van der Waals surface area contributed by atoms with Crippen molar-refractivity contribution in [3.05, 3.63) is 46.2 Å². The van der Waals surface area contributed by atoms with Crippen molar-refractivity contribution in [2.75, 3.05) is 7.11 Å². The average molecular weight is 331 g/mol. The summed E-state index contributed by atoms with van der Waals surface area (Å²) in [5.74, 6) is -0.457. The van der Waals surface area contributed by atoms with Crippen LogP contribution in [0.3, 0.4) is 0 Å². The van der Waals surface area contributed by atoms with E-state index < -0.39 is 12.4 Å². The number of hydrogen-bond acceptors (Lipinski definition) is 3. The second kappa shape index (κ2) is 5.48. The number of ether oxygens (including phenoxy) is 1. The van der Waals surface area contributed by atoms with Gasteiger partial charge in [-0.2, -0.15) is 5.10 Å². The van der Waals surface area contributed by atoms with Crippen molar-refractivity contribution in [1.29, 1.82) is 0 Å². The Labute approximate surface area is 116 Å². The van der Waals surface area contributed by atoms with Gasteiger partial charge in [0.05, 0.1) is 22.8 Å². The number of carbonyl (C=O) groups is 1. The number of methoxy groups -OCH3 is 1. The molecule has 0 aliphatic heterocycles. The summed E-state index contributed by atoms with van der Waals surface area (Å²) in [6, 6.07) is 6.28. The lowest BCUT2D eigenvalue weighted by molar-refractivity contribution is 0.0600. The number of carbonyl (C=O) groups excluding carboxylic acids is 1. The van der Waals surface area contributed by atoms with E-state index in [4.69, 9.17) is 0 Å². The third-order valence-corrected chi connectivity index (χ3v) is 3.07. The first kappa shape index (κ1) is 13.7. The van der Waals surface area contributed by atoms with Gasteiger partial charge in [-0.05, 0) is 40.2 Å². The molecule has 0 bridgehead atoms. The molecule has 2 rings (SSSR count). The zero-order chi connectivity index (χ0) is 14.0. The van der Waals surface area contributed by atoms with E-state index in [1.807, 2.05) is 0 Å². The van der Waals surface area contributed by atoms with Gasteiger partial charge in [-0.1, -0.05) is 0 Å². The van der Waals surface area contributed by atoms with Crippen LogP contribution in [-0.4, -0.2) is 22.9 Å². The molecular weight excluding hydrogens is 322 g/mol. The normalized spacial score (nSPS) is 10.8. The summed E-state index contributed by atoms with van der Waals surface area (Å²) in [5, 5.41) is 3.78. The molecule has 0 aliphatic carbocycles. The number of hydrogen-bond donors (Lipinski definition) is 0. The molecule has 1 aromatic carbocycles. The highest BCUT2D eigenvalue weighted by Gasteiger charge is 2.17. The van der Waals surface area contributed by atoms with Gasteiger partial charge < -0.3 is 4.74 Å². The molecule has 0 radical (unpaired) electrons. The lowest BCUT2D eigenvalue weighted by atomic mass is 10.2. The lowest BCUT2D eigenvalue weighted by Gasteiger charge is -2.03. The number of aromatic nitrogens is 2. The number of esters is 1. The molecule has 0 saturated heterocycles. The minimum atomic E-state index is -2.65. The quantitative estimate of drug-likeness (QED) is 0.810. The van der Waals surface area contributed by atoms with E-state index in [-0.39, 0.29) is 10.2 Å². The third-order valence-electron chi connectivity index (χ3n) is 2.46. The largest absolute Gasteiger partial charge is 0.465 e. The minimum Gasteiger partial charge on any atom is -0.465 e. The second-order valence-electron chi connectivity index (χ2n) is 3.65. The zero-order valence-corrected chi connectivity index (χ0v) is 11.4. The van der Waals surface area contributed by atoms with Crippen molar-refractivity contribution < 1.29 is 18.3 Å². The lowest BCUT2D eigenvalue weighted by Crippen LogP contribution is -2.02. The van der Waals surface area contributed by atoms with E-state index in [1.165, 1.54) is 18.0 Å². The molecular formula is C12H9BrF2N2O2. The fraction of sp³-hybridized carbons (Fsp3) is 0.167. The van der Waals surface area contributed by atoms with Gasteiger partial charge in [-0.15, -0.1) is 0 Å². The molecule has 1 heterocycles. The summed E-state index contributed by atoms with van der Waals surface area (Å²) in [4.78, 5) is 11.3. The highest BCUT2D eigenvalue weighted by Crippen LogP contribution is 2.26. The van der Waals surface area contributed by atoms with Crippen LogP contribution in [0.5, 0.6) is 0 Å². The maximum absolute atomic E-state index is 12.6. The van der Waals surface area contributed by atoms with Crippen molar-refractivity contribution >= 4 is 21.9 Å². The molecule has 1 aromatic heterocycles. The van der Waals surface area contributed by atoms with Gasteiger partial charge in [0.1, 0.15) is 5.69 Å². The number of halogens is 3. The Bertz CT molecular complexity index is 596. The first-order valence-electron chi connectivity index (χ1n) is 5.25. The van der Waals surface area contributed by atoms with E-state index in [2.05, 4.69) is 25.8 Å². The molecule has 0 unspecified atom stereocenters. The van der Waals surface area contributed by atoms with Gasteiger partial charge in [0.15, 0.2) is 0 Å². The SMILES string of the molecule is COC(=O)c1ccc(-n2cc(Br)c(C(F)F)n2)cc1. The molecule has 7 heteroatoms. The van der Waals surface area contributed by atoms with Crippen LogP contribution < -0.4 is 0 Å². The van der Waals surface area contributed by atoms with Crippen LogP contribution in [0, 0.1) is 0 Å². The predicted molar refractivity (Wildman–Crippen MR) is 67.6 cm³/mol. The fourth-order valence-corrected chi connectivity index (χ4v) is 1.96. The molecule has 2 aromatic rings. The van der Waals surface area contributed by atoms with Crippen molar-refractivity contribution in [2.24, 2.45) is 0 Å². The molecule has 0 spiro atoms. The van der Waals surface area contributed by atoms with Crippen LogP contribution in [0.4, 0.5) is 8.78 Å². The summed E-state index contributed by atoms with van der Waals surface area (Å²) in [6.07, 6.45) is -1.21. The summed E-state index contributed by atoms with van der Waals surface area (Å²) >= 11 is 3.03. The van der Waals surface area contributed by atoms with Crippen LogP contribution in [0.15, 0.2) is 34.9 Å². The molecule has 0 saturated carbocycles. The summed E-state index contributed by atoms with van der Waals surface area (Å²) in [6.45, 7) is 0. The Hall–Kier alpha value is -1.76. The van der Waals surface area contributed by atoms with Gasteiger partial charge in [0.25, 0.3) is 6.43 Å². The van der Waals surface area contributed by atoms with Crippen LogP contribution in [-0.2, 0) is 4.74 Å². The van der Waals surface area contributed by atoms with Crippen molar-refractivity contribution in [3.8, 4) is 5.69 Å². The van der Waals surface area contributed by atoms with E-state index in [9.17, 15) is 13.6 Å². The van der Waals surface area contributed by atoms with E-state index in [1.54, 1.807) is 24.3 Å². The monoisotopic (exact) mass is 330 g/mol. The highest BCUT2D eigenvalue weighted by atomic mass is 79.9. The molecule has 0 fully saturated rings. The molecule has 100 valence electrons. The zero-order valence-electron chi connectivity index (χ0n) is 9.81. The third kappa shape index (κ3) is 2.81. The Morgan fingerprint density at radius 1 is 1.37 bits per heavy atom. The standard InChI is InChI=1S/C12H9BrF2N2O2/c1-19-12(18)7-2-4-8(5-3-7)17-6-9(13)10(16-17)11(14)15/h2-6,11H,1H3. The Balaban J connectivity index is 2.32. The fourth-order valence-electron chi connectivity index (χ4n) is 1.51. The molecule has 4 nitrogen and oxygen atoms in total. The number of rotatable bonds is 3. The number of nitrogens with zero attached hydrogens (tertiary/aromatic N) is 2. The van der Waals surface area contributed by atoms with Gasteiger partial charge in [0.2, 0.25) is 0 Å². The molecule has 0 amide bonds. The summed E-state index contributed by atoms with van der Waals surface area (Å²) in [7, 11) is 1.29. The Morgan fingerprint density at radius 3 is 2.47 bits per heavy atom. The topological polar surface area (TPSA) is 44.1 Å². The van der Waals surface area contributed by atoms with Gasteiger partial charge in [-0.3, -0.25) is 0 Å². The maximum Gasteiger partial charge on any atom is 0.337 e. The minimum absolute atomic E-state index is 0.236. The van der Waals surface area contributed by atoms with Crippen molar-refractivity contribution in [1.82, 2.24) is 9.78 Å². The predicted octanol–water partition coefficient (Wildman–Crippen LogP) is 3.36. The van der Waals surface area contributed by atoms with Crippen molar-refractivity contribution in [3.63, 3.8) is 0 Å². The molecule has 19 heavy (non-hydrogen) atoms. The first-order valence-corrected chi connectivity index (χ1v) is 6.04. The Kier molecular flexibility index (Phi) is 3.94. The van der Waals surface area contributed by atoms with E-state index >= 15 is 0 Å². The van der Waals surface area contributed by atoms with Gasteiger partial charge in [0, 0.05) is 6.20 Å². The van der Waals surface area contributed by atoms with E-state index in [0.29, 0.717) is 11.3 Å². The smallest absolute Gasteiger partial charge is 0.337 e. The van der Waals surface area contributed by atoms with Gasteiger partial charge >= 0.3 is 5.97 Å². The van der Waals surface area contributed by atoms with Crippen LogP contribution in [0.2, 0.25) is 0 Å². The second-order valence-corrected chi connectivity index (χ2v) is 4.50. The van der Waals surface area contributed by atoms with Crippen LogP contribution in [0.1, 0.15) is 22.5 Å². The summed E-state index contributed by atoms with van der Waals surface area (Å²) < 4.78 is 31.3. The van der Waals surface area contributed by atoms with Crippen LogP contribution in [0.25, 0.3) is 5.69 Å². The average Bonchev–Trinajstić information content (AvgIpc) is 2.80. The molecule has 0 atom stereocenters. The highest BCUT2D eigenvalue weighted by molar-refractivity contribution is 9.10.